The second-order valence-electron chi connectivity index (χ2n) is 2.88. The molecule has 0 bridgehead atoms. The van der Waals surface area contributed by atoms with Gasteiger partial charge in [0.05, 0.1) is 4.47 Å². The number of nitrogens with zero attached hydrogens (tertiary/aromatic N) is 4. The van der Waals surface area contributed by atoms with Gasteiger partial charge in [0.2, 0.25) is 0 Å². The standard InChI is InChI=1S/C8H8BrN5O/c1-14-8(11-12-13-14)15-7-4-5(10)2-3-6(7)9/h2-4H,10H2,1H3. The fraction of sp³-hybridized carbons (Fsp3) is 0.125. The van der Waals surface area contributed by atoms with Gasteiger partial charge in [-0.1, -0.05) is 5.10 Å². The zero-order valence-electron chi connectivity index (χ0n) is 7.88. The first-order chi connectivity index (χ1) is 7.16. The van der Waals surface area contributed by atoms with E-state index in [0.29, 0.717) is 17.4 Å². The maximum Gasteiger partial charge on any atom is 0.340 e. The maximum atomic E-state index is 5.64. The van der Waals surface area contributed by atoms with Crippen molar-refractivity contribution in [2.45, 2.75) is 0 Å². The summed E-state index contributed by atoms with van der Waals surface area (Å²) in [5.74, 6) is 0.577. The monoisotopic (exact) mass is 269 g/mol. The SMILES string of the molecule is Cn1nnnc1Oc1cc(N)ccc1Br. The van der Waals surface area contributed by atoms with Crippen LogP contribution in [0, 0.1) is 0 Å². The van der Waals surface area contributed by atoms with Crippen LogP contribution in [-0.4, -0.2) is 20.2 Å². The van der Waals surface area contributed by atoms with E-state index in [2.05, 4.69) is 31.5 Å². The van der Waals surface area contributed by atoms with Crippen LogP contribution in [0.2, 0.25) is 0 Å². The number of halogens is 1. The number of hydrogen-bond acceptors (Lipinski definition) is 5. The third-order valence-electron chi connectivity index (χ3n) is 1.74. The van der Waals surface area contributed by atoms with E-state index in [9.17, 15) is 0 Å². The van der Waals surface area contributed by atoms with Gasteiger partial charge in [-0.25, -0.2) is 0 Å². The molecule has 2 N–H and O–H groups in total. The Morgan fingerprint density at radius 3 is 2.93 bits per heavy atom. The van der Waals surface area contributed by atoms with E-state index in [0.717, 1.165) is 4.47 Å². The molecule has 2 aromatic rings. The fourth-order valence-corrected chi connectivity index (χ4v) is 1.33. The summed E-state index contributed by atoms with van der Waals surface area (Å²) in [5, 5.41) is 10.8. The average Bonchev–Trinajstić information content (AvgIpc) is 2.58. The molecule has 0 aliphatic heterocycles. The minimum Gasteiger partial charge on any atom is -0.422 e. The van der Waals surface area contributed by atoms with Crippen LogP contribution in [0.3, 0.4) is 0 Å². The summed E-state index contributed by atoms with van der Waals surface area (Å²) in [7, 11) is 1.69. The highest BCUT2D eigenvalue weighted by Gasteiger charge is 2.08. The molecule has 0 aliphatic carbocycles. The number of tetrazole rings is 1. The van der Waals surface area contributed by atoms with Crippen molar-refractivity contribution in [3.63, 3.8) is 0 Å². The largest absolute Gasteiger partial charge is 0.422 e. The van der Waals surface area contributed by atoms with Gasteiger partial charge in [-0.15, -0.1) is 0 Å². The first-order valence-corrected chi connectivity index (χ1v) is 4.91. The Morgan fingerprint density at radius 2 is 2.27 bits per heavy atom. The molecule has 1 aromatic carbocycles. The lowest BCUT2D eigenvalue weighted by Crippen LogP contribution is -1.97. The molecule has 0 saturated heterocycles. The molecule has 1 aromatic heterocycles. The molecule has 0 unspecified atom stereocenters. The molecule has 1 heterocycles. The lowest BCUT2D eigenvalue weighted by molar-refractivity contribution is 0.413. The highest BCUT2D eigenvalue weighted by Crippen LogP contribution is 2.29. The molecule has 0 aliphatic rings. The molecule has 78 valence electrons. The Kier molecular flexibility index (Phi) is 2.55. The summed E-state index contributed by atoms with van der Waals surface area (Å²) in [5.41, 5.74) is 6.25. The van der Waals surface area contributed by atoms with Gasteiger partial charge in [0.1, 0.15) is 5.75 Å². The van der Waals surface area contributed by atoms with E-state index in [1.807, 2.05) is 0 Å². The van der Waals surface area contributed by atoms with Crippen molar-refractivity contribution in [3.8, 4) is 11.8 Å². The summed E-state index contributed by atoms with van der Waals surface area (Å²) < 4.78 is 7.68. The van der Waals surface area contributed by atoms with Crippen molar-refractivity contribution in [1.29, 1.82) is 0 Å². The van der Waals surface area contributed by atoms with Crippen LogP contribution in [-0.2, 0) is 7.05 Å². The second-order valence-corrected chi connectivity index (χ2v) is 3.73. The number of rotatable bonds is 2. The number of nitrogen functional groups attached to an aromatic ring is 1. The van der Waals surface area contributed by atoms with Crippen molar-refractivity contribution < 1.29 is 4.74 Å². The number of nitrogens with two attached hydrogens (primary N) is 1. The third kappa shape index (κ3) is 2.07. The Hall–Kier alpha value is -1.63. The Labute approximate surface area is 94.2 Å². The predicted octanol–water partition coefficient (Wildman–Crippen LogP) is 1.35. The molecule has 7 heteroatoms. The highest BCUT2D eigenvalue weighted by atomic mass is 79.9. The quantitative estimate of drug-likeness (QED) is 0.833. The molecule has 15 heavy (non-hydrogen) atoms. The average molecular weight is 270 g/mol. The number of anilines is 1. The van der Waals surface area contributed by atoms with E-state index < -0.39 is 0 Å². The Balaban J connectivity index is 2.32. The molecule has 0 radical (unpaired) electrons. The molecular formula is C8H8BrN5O. The topological polar surface area (TPSA) is 78.8 Å². The highest BCUT2D eigenvalue weighted by molar-refractivity contribution is 9.10. The van der Waals surface area contributed by atoms with Gasteiger partial charge in [0, 0.05) is 18.8 Å². The van der Waals surface area contributed by atoms with Crippen molar-refractivity contribution >= 4 is 21.6 Å². The first-order valence-electron chi connectivity index (χ1n) is 4.12. The molecule has 0 atom stereocenters. The van der Waals surface area contributed by atoms with Crippen LogP contribution in [0.4, 0.5) is 5.69 Å². The van der Waals surface area contributed by atoms with Gasteiger partial charge in [-0.3, -0.25) is 0 Å². The van der Waals surface area contributed by atoms with Gasteiger partial charge in [-0.05, 0) is 38.5 Å². The van der Waals surface area contributed by atoms with E-state index in [1.165, 1.54) is 4.68 Å². The minimum atomic E-state index is 0.307. The number of aromatic nitrogens is 4. The zero-order valence-corrected chi connectivity index (χ0v) is 9.47. The summed E-state index contributed by atoms with van der Waals surface area (Å²) in [6.07, 6.45) is 0. The molecule has 0 fully saturated rings. The van der Waals surface area contributed by atoms with E-state index in [1.54, 1.807) is 25.2 Å². The van der Waals surface area contributed by atoms with Crippen LogP contribution in [0.25, 0.3) is 0 Å². The summed E-state index contributed by atoms with van der Waals surface area (Å²) in [6.45, 7) is 0. The molecule has 0 amide bonds. The maximum absolute atomic E-state index is 5.64. The molecular weight excluding hydrogens is 262 g/mol. The summed E-state index contributed by atoms with van der Waals surface area (Å²) in [6, 6.07) is 5.57. The van der Waals surface area contributed by atoms with Crippen LogP contribution in [0.15, 0.2) is 22.7 Å². The number of hydrogen-bond donors (Lipinski definition) is 1. The van der Waals surface area contributed by atoms with Gasteiger partial charge >= 0.3 is 6.01 Å². The van der Waals surface area contributed by atoms with E-state index >= 15 is 0 Å². The van der Waals surface area contributed by atoms with E-state index in [4.69, 9.17) is 10.5 Å². The van der Waals surface area contributed by atoms with Crippen LogP contribution in [0.1, 0.15) is 0 Å². The Bertz CT molecular complexity index is 484. The smallest absolute Gasteiger partial charge is 0.340 e. The van der Waals surface area contributed by atoms with Crippen molar-refractivity contribution in [3.05, 3.63) is 22.7 Å². The molecule has 0 saturated carbocycles. The molecule has 6 nitrogen and oxygen atoms in total. The lowest BCUT2D eigenvalue weighted by Gasteiger charge is -2.05. The summed E-state index contributed by atoms with van der Waals surface area (Å²) in [4.78, 5) is 0. The van der Waals surface area contributed by atoms with Crippen LogP contribution < -0.4 is 10.5 Å². The predicted molar refractivity (Wildman–Crippen MR) is 57.4 cm³/mol. The van der Waals surface area contributed by atoms with Crippen molar-refractivity contribution in [1.82, 2.24) is 20.2 Å². The number of aryl methyl sites for hydroxylation is 1. The minimum absolute atomic E-state index is 0.307. The van der Waals surface area contributed by atoms with E-state index in [-0.39, 0.29) is 0 Å². The number of benzene rings is 1. The summed E-state index contributed by atoms with van der Waals surface area (Å²) >= 11 is 3.34. The van der Waals surface area contributed by atoms with Crippen molar-refractivity contribution in [2.24, 2.45) is 7.05 Å². The number of ether oxygens (including phenoxy) is 1. The van der Waals surface area contributed by atoms with Gasteiger partial charge < -0.3 is 10.5 Å². The molecule has 0 spiro atoms. The fourth-order valence-electron chi connectivity index (χ4n) is 1.00. The molecule has 2 rings (SSSR count). The third-order valence-corrected chi connectivity index (χ3v) is 2.39. The lowest BCUT2D eigenvalue weighted by atomic mass is 10.3. The Morgan fingerprint density at radius 1 is 1.47 bits per heavy atom. The normalized spacial score (nSPS) is 10.3. The van der Waals surface area contributed by atoms with Gasteiger partial charge in [0.15, 0.2) is 0 Å². The van der Waals surface area contributed by atoms with Crippen LogP contribution in [0.5, 0.6) is 11.8 Å². The van der Waals surface area contributed by atoms with Gasteiger partial charge in [-0.2, -0.15) is 4.68 Å². The zero-order chi connectivity index (χ0) is 10.8. The second kappa shape index (κ2) is 3.85. The van der Waals surface area contributed by atoms with Crippen LogP contribution >= 0.6 is 15.9 Å². The first kappa shape index (κ1) is 9.91. The van der Waals surface area contributed by atoms with Crippen molar-refractivity contribution in [2.75, 3.05) is 5.73 Å². The van der Waals surface area contributed by atoms with Gasteiger partial charge in [0.25, 0.3) is 0 Å².